The molecule has 6 rings (SSSR count). The van der Waals surface area contributed by atoms with Crippen LogP contribution < -0.4 is 21.2 Å². The van der Waals surface area contributed by atoms with Crippen LogP contribution in [0.4, 0.5) is 0 Å². The van der Waals surface area contributed by atoms with E-state index in [4.69, 9.17) is 0 Å². The van der Waals surface area contributed by atoms with E-state index >= 15 is 0 Å². The van der Waals surface area contributed by atoms with Gasteiger partial charge in [0.05, 0.1) is 0 Å². The Kier molecular flexibility index (Phi) is 5.99. The molecule has 2 atom stereocenters. The van der Waals surface area contributed by atoms with Gasteiger partial charge in [0.1, 0.15) is 0 Å². The van der Waals surface area contributed by atoms with Crippen LogP contribution in [0.2, 0.25) is 0 Å². The lowest BCUT2D eigenvalue weighted by Crippen LogP contribution is -2.32. The molecular weight excluding hydrogens is 446 g/mol. The summed E-state index contributed by atoms with van der Waals surface area (Å²) in [7, 11) is -0.871. The van der Waals surface area contributed by atoms with Gasteiger partial charge in [0.25, 0.3) is 0 Å². The highest BCUT2D eigenvalue weighted by Gasteiger charge is 2.34. The van der Waals surface area contributed by atoms with Gasteiger partial charge >= 0.3 is 0 Å². The predicted octanol–water partition coefficient (Wildman–Crippen LogP) is 7.43. The number of rotatable bonds is 4. The van der Waals surface area contributed by atoms with Crippen molar-refractivity contribution in [2.24, 2.45) is 0 Å². The molecule has 0 spiro atoms. The van der Waals surface area contributed by atoms with E-state index in [0.717, 1.165) is 11.3 Å². The Hall–Kier alpha value is -2.52. The van der Waals surface area contributed by atoms with E-state index in [9.17, 15) is 0 Å². The molecule has 5 aromatic carbocycles. The highest BCUT2D eigenvalue weighted by atomic mass is 31.1. The van der Waals surface area contributed by atoms with E-state index in [-0.39, 0.29) is 7.92 Å². The van der Waals surface area contributed by atoms with Crippen LogP contribution in [0.25, 0.3) is 21.5 Å². The predicted molar refractivity (Wildman–Crippen MR) is 155 cm³/mol. The molecule has 1 aliphatic heterocycles. The Morgan fingerprint density at radius 3 is 1.56 bits per heavy atom. The van der Waals surface area contributed by atoms with Crippen LogP contribution in [-0.4, -0.2) is 11.3 Å². The first-order valence-electron chi connectivity index (χ1n) is 12.4. The van der Waals surface area contributed by atoms with E-state index < -0.39 is 7.92 Å². The average Bonchev–Trinajstić information content (AvgIpc) is 3.22. The van der Waals surface area contributed by atoms with Gasteiger partial charge in [-0.3, -0.25) is 0 Å². The molecule has 2 unspecified atom stereocenters. The molecule has 0 aromatic heterocycles. The quantitative estimate of drug-likeness (QED) is 0.237. The summed E-state index contributed by atoms with van der Waals surface area (Å²) in [5.74, 6) is 0. The van der Waals surface area contributed by atoms with Gasteiger partial charge in [-0.05, 0) is 74.8 Å². The van der Waals surface area contributed by atoms with Gasteiger partial charge in [-0.2, -0.15) is 0 Å². The average molecular weight is 477 g/mol. The van der Waals surface area contributed by atoms with Gasteiger partial charge in [-0.15, -0.1) is 0 Å². The topological polar surface area (TPSA) is 0 Å². The van der Waals surface area contributed by atoms with Crippen molar-refractivity contribution in [1.82, 2.24) is 0 Å². The third-order valence-electron chi connectivity index (χ3n) is 7.37. The fraction of sp³-hybridized carbons (Fsp3) is 0.188. The highest BCUT2D eigenvalue weighted by molar-refractivity contribution is 7.82. The lowest BCUT2D eigenvalue weighted by Gasteiger charge is -2.30. The van der Waals surface area contributed by atoms with Crippen LogP contribution >= 0.6 is 15.8 Å². The summed E-state index contributed by atoms with van der Waals surface area (Å²) >= 11 is 0. The van der Waals surface area contributed by atoms with Crippen molar-refractivity contribution < 1.29 is 0 Å². The zero-order chi connectivity index (χ0) is 23.1. The van der Waals surface area contributed by atoms with Crippen LogP contribution in [0.1, 0.15) is 26.7 Å². The molecule has 0 bridgehead atoms. The second-order valence-electron chi connectivity index (χ2n) is 9.50. The molecule has 0 amide bonds. The molecular formula is C32H30P2. The number of hydrogen-bond acceptors (Lipinski definition) is 0. The minimum absolute atomic E-state index is 0.167. The molecule has 2 heteroatoms. The standard InChI is InChI=1S/C32H30P2/c1-23-21-22-24(2)33(23)31-17-7-8-18-32(31)34(29-19-9-13-25-11-3-5-15-27(25)29)30-20-10-14-26-12-4-6-16-28(26)30/h3-20,23-24H,21-22H2,1-2H3. The Morgan fingerprint density at radius 1 is 0.529 bits per heavy atom. The first-order valence-corrected chi connectivity index (χ1v) is 15.2. The maximum atomic E-state index is 2.49. The largest absolute Gasteiger partial charge is 0.0688 e. The minimum atomic E-state index is -0.704. The van der Waals surface area contributed by atoms with Crippen molar-refractivity contribution in [2.45, 2.75) is 38.0 Å². The van der Waals surface area contributed by atoms with Crippen molar-refractivity contribution in [2.75, 3.05) is 0 Å². The molecule has 1 aliphatic rings. The molecule has 0 aliphatic carbocycles. The lowest BCUT2D eigenvalue weighted by molar-refractivity contribution is 0.777. The molecule has 0 radical (unpaired) electrons. The van der Waals surface area contributed by atoms with Gasteiger partial charge in [0.2, 0.25) is 0 Å². The molecule has 34 heavy (non-hydrogen) atoms. The number of hydrogen-bond donors (Lipinski definition) is 0. The van der Waals surface area contributed by atoms with Gasteiger partial charge in [0, 0.05) is 0 Å². The normalized spacial score (nSPS) is 20.4. The van der Waals surface area contributed by atoms with Crippen molar-refractivity contribution in [3.05, 3.63) is 109 Å². The maximum Gasteiger partial charge on any atom is -0.00722 e. The van der Waals surface area contributed by atoms with Crippen LogP contribution in [0, 0.1) is 0 Å². The SMILES string of the molecule is CC1CCC(C)P1c1ccccc1P(c1cccc2ccccc12)c1cccc2ccccc12. The Bertz CT molecular complexity index is 1370. The highest BCUT2D eigenvalue weighted by Crippen LogP contribution is 2.55. The van der Waals surface area contributed by atoms with E-state index in [1.165, 1.54) is 45.0 Å². The van der Waals surface area contributed by atoms with Gasteiger partial charge in [0.15, 0.2) is 0 Å². The van der Waals surface area contributed by atoms with E-state index in [2.05, 4.69) is 123 Å². The fourth-order valence-corrected chi connectivity index (χ4v) is 12.3. The molecule has 168 valence electrons. The van der Waals surface area contributed by atoms with Crippen LogP contribution in [0.3, 0.4) is 0 Å². The maximum absolute atomic E-state index is 2.49. The van der Waals surface area contributed by atoms with Gasteiger partial charge in [-0.25, -0.2) is 0 Å². The molecule has 0 saturated carbocycles. The zero-order valence-electron chi connectivity index (χ0n) is 19.9. The molecule has 1 heterocycles. The molecule has 1 fully saturated rings. The minimum Gasteiger partial charge on any atom is -0.0688 e. The third kappa shape index (κ3) is 3.79. The Balaban J connectivity index is 1.67. The monoisotopic (exact) mass is 476 g/mol. The summed E-state index contributed by atoms with van der Waals surface area (Å²) in [6.45, 7) is 4.98. The number of fused-ring (bicyclic) bond motifs is 2. The third-order valence-corrected chi connectivity index (χ3v) is 13.5. The summed E-state index contributed by atoms with van der Waals surface area (Å²) in [5.41, 5.74) is 1.59. The van der Waals surface area contributed by atoms with Crippen molar-refractivity contribution in [3.63, 3.8) is 0 Å². The van der Waals surface area contributed by atoms with Crippen LogP contribution in [-0.2, 0) is 0 Å². The van der Waals surface area contributed by atoms with Crippen molar-refractivity contribution in [3.8, 4) is 0 Å². The second kappa shape index (κ2) is 9.26. The van der Waals surface area contributed by atoms with Crippen LogP contribution in [0.15, 0.2) is 109 Å². The van der Waals surface area contributed by atoms with E-state index in [1.54, 1.807) is 10.6 Å². The summed E-state index contributed by atoms with van der Waals surface area (Å²) in [6, 6.07) is 41.1. The first-order chi connectivity index (χ1) is 16.7. The Morgan fingerprint density at radius 2 is 0.971 bits per heavy atom. The van der Waals surface area contributed by atoms with Gasteiger partial charge in [-0.1, -0.05) is 131 Å². The summed E-state index contributed by atoms with van der Waals surface area (Å²) in [6.07, 6.45) is 2.73. The zero-order valence-corrected chi connectivity index (χ0v) is 21.6. The fourth-order valence-electron chi connectivity index (χ4n) is 5.74. The van der Waals surface area contributed by atoms with E-state index in [1.807, 2.05) is 0 Å². The van der Waals surface area contributed by atoms with Crippen LogP contribution in [0.5, 0.6) is 0 Å². The van der Waals surface area contributed by atoms with Gasteiger partial charge < -0.3 is 0 Å². The summed E-state index contributed by atoms with van der Waals surface area (Å²) in [4.78, 5) is 0. The molecule has 1 saturated heterocycles. The first kappa shape index (κ1) is 22.0. The summed E-state index contributed by atoms with van der Waals surface area (Å²) in [5, 5.41) is 11.6. The smallest absolute Gasteiger partial charge is 0.00722 e. The molecule has 0 nitrogen and oxygen atoms in total. The lowest BCUT2D eigenvalue weighted by atomic mass is 10.1. The number of benzene rings is 5. The summed E-state index contributed by atoms with van der Waals surface area (Å²) < 4.78 is 0. The van der Waals surface area contributed by atoms with E-state index in [0.29, 0.717) is 0 Å². The molecule has 5 aromatic rings. The second-order valence-corrected chi connectivity index (χ2v) is 14.7. The van der Waals surface area contributed by atoms with Crippen molar-refractivity contribution >= 4 is 58.6 Å². The Labute approximate surface area is 205 Å². The molecule has 0 N–H and O–H groups in total. The van der Waals surface area contributed by atoms with Crippen molar-refractivity contribution in [1.29, 1.82) is 0 Å².